The Morgan fingerprint density at radius 2 is 2.08 bits per heavy atom. The zero-order valence-corrected chi connectivity index (χ0v) is 16.2. The average Bonchev–Trinajstić information content (AvgIpc) is 3.05. The van der Waals surface area contributed by atoms with E-state index in [9.17, 15) is 8.42 Å². The number of hydrogen-bond acceptors (Lipinski definition) is 5. The van der Waals surface area contributed by atoms with Crippen LogP contribution in [0.25, 0.3) is 0 Å². The highest BCUT2D eigenvalue weighted by molar-refractivity contribution is 7.89. The number of nitriles is 1. The van der Waals surface area contributed by atoms with E-state index < -0.39 is 10.0 Å². The predicted molar refractivity (Wildman–Crippen MR) is 98.7 cm³/mol. The monoisotopic (exact) mass is 364 g/mol. The molecule has 25 heavy (non-hydrogen) atoms. The van der Waals surface area contributed by atoms with Crippen molar-refractivity contribution in [2.45, 2.75) is 30.7 Å². The van der Waals surface area contributed by atoms with Crippen molar-refractivity contribution in [2.24, 2.45) is 0 Å². The van der Waals surface area contributed by atoms with Gasteiger partial charge in [0, 0.05) is 25.7 Å². The van der Waals surface area contributed by atoms with E-state index in [4.69, 9.17) is 5.26 Å². The number of benzene rings is 1. The number of hydrogen-bond donors (Lipinski definition) is 0. The van der Waals surface area contributed by atoms with Gasteiger partial charge in [-0.3, -0.25) is 4.90 Å². The molecular weight excluding hydrogens is 336 g/mol. The summed E-state index contributed by atoms with van der Waals surface area (Å²) in [5.41, 5.74) is 0.365. The van der Waals surface area contributed by atoms with E-state index in [-0.39, 0.29) is 10.9 Å². The van der Waals surface area contributed by atoms with Crippen molar-refractivity contribution >= 4 is 10.0 Å². The number of likely N-dealkylation sites (tertiary alicyclic amines) is 1. The van der Waals surface area contributed by atoms with Crippen LogP contribution in [-0.4, -0.2) is 75.4 Å². The quantitative estimate of drug-likeness (QED) is 0.701. The molecule has 0 saturated carbocycles. The number of likely N-dealkylation sites (N-methyl/N-ethyl adjacent to an activating group) is 2. The molecule has 7 heteroatoms. The molecule has 138 valence electrons. The van der Waals surface area contributed by atoms with Crippen LogP contribution in [0.5, 0.6) is 0 Å². The molecule has 0 N–H and O–H groups in total. The van der Waals surface area contributed by atoms with E-state index in [2.05, 4.69) is 11.8 Å². The number of rotatable bonds is 8. The second kappa shape index (κ2) is 8.77. The Morgan fingerprint density at radius 3 is 2.72 bits per heavy atom. The lowest BCUT2D eigenvalue weighted by Crippen LogP contribution is -2.45. The standard InChI is InChI=1S/C18H28N4O2S/c1-4-21-10-6-8-17(21)15-22(12-11-20(2)3)25(23,24)18-9-5-7-16(13-18)14-19/h5,7,9,13,17H,4,6,8,10-12,15H2,1-3H3/t17-/m0/s1. The molecule has 0 aromatic heterocycles. The second-order valence-electron chi connectivity index (χ2n) is 6.73. The summed E-state index contributed by atoms with van der Waals surface area (Å²) in [6, 6.07) is 8.57. The van der Waals surface area contributed by atoms with Crippen molar-refractivity contribution in [2.75, 3.05) is 46.8 Å². The summed E-state index contributed by atoms with van der Waals surface area (Å²) in [6.45, 7) is 5.70. The summed E-state index contributed by atoms with van der Waals surface area (Å²) in [5, 5.41) is 9.07. The first-order chi connectivity index (χ1) is 11.9. The first-order valence-corrected chi connectivity index (χ1v) is 10.2. The lowest BCUT2D eigenvalue weighted by molar-refractivity contribution is 0.220. The molecule has 0 amide bonds. The summed E-state index contributed by atoms with van der Waals surface area (Å²) >= 11 is 0. The fourth-order valence-corrected chi connectivity index (χ4v) is 4.76. The van der Waals surface area contributed by atoms with Crippen molar-refractivity contribution in [1.29, 1.82) is 5.26 Å². The SMILES string of the molecule is CCN1CCC[C@H]1CN(CCN(C)C)S(=O)(=O)c1cccc(C#N)c1. The molecule has 1 atom stereocenters. The van der Waals surface area contributed by atoms with Crippen molar-refractivity contribution in [3.63, 3.8) is 0 Å². The molecule has 2 rings (SSSR count). The highest BCUT2D eigenvalue weighted by Gasteiger charge is 2.31. The Morgan fingerprint density at radius 1 is 1.32 bits per heavy atom. The molecule has 1 aromatic rings. The third-order valence-electron chi connectivity index (χ3n) is 4.72. The van der Waals surface area contributed by atoms with Gasteiger partial charge in [-0.05, 0) is 58.2 Å². The van der Waals surface area contributed by atoms with Gasteiger partial charge in [0.2, 0.25) is 10.0 Å². The number of nitrogens with zero attached hydrogens (tertiary/aromatic N) is 4. The summed E-state index contributed by atoms with van der Waals surface area (Å²) in [4.78, 5) is 4.54. The summed E-state index contributed by atoms with van der Waals surface area (Å²) < 4.78 is 27.9. The first-order valence-electron chi connectivity index (χ1n) is 8.77. The van der Waals surface area contributed by atoms with Gasteiger partial charge in [0.05, 0.1) is 16.5 Å². The topological polar surface area (TPSA) is 67.7 Å². The van der Waals surface area contributed by atoms with Crippen LogP contribution in [0.2, 0.25) is 0 Å². The normalized spacial score (nSPS) is 18.8. The largest absolute Gasteiger partial charge is 0.308 e. The lowest BCUT2D eigenvalue weighted by Gasteiger charge is -2.30. The van der Waals surface area contributed by atoms with Crippen LogP contribution in [0.1, 0.15) is 25.3 Å². The molecule has 6 nitrogen and oxygen atoms in total. The molecule has 1 aliphatic heterocycles. The van der Waals surface area contributed by atoms with Crippen molar-refractivity contribution < 1.29 is 8.42 Å². The molecule has 0 unspecified atom stereocenters. The Balaban J connectivity index is 2.27. The van der Waals surface area contributed by atoms with Crippen LogP contribution in [0.15, 0.2) is 29.2 Å². The van der Waals surface area contributed by atoms with Crippen LogP contribution in [0, 0.1) is 11.3 Å². The fourth-order valence-electron chi connectivity index (χ4n) is 3.25. The van der Waals surface area contributed by atoms with E-state index in [0.29, 0.717) is 25.2 Å². The van der Waals surface area contributed by atoms with E-state index in [1.807, 2.05) is 25.1 Å². The minimum absolute atomic E-state index is 0.200. The Kier molecular flexibility index (Phi) is 6.96. The molecule has 1 fully saturated rings. The van der Waals surface area contributed by atoms with Crippen molar-refractivity contribution in [1.82, 2.24) is 14.1 Å². The van der Waals surface area contributed by atoms with Gasteiger partial charge in [0.1, 0.15) is 0 Å². The van der Waals surface area contributed by atoms with Gasteiger partial charge in [-0.1, -0.05) is 13.0 Å². The zero-order chi connectivity index (χ0) is 18.4. The maximum Gasteiger partial charge on any atom is 0.243 e. The minimum Gasteiger partial charge on any atom is -0.308 e. The Hall–Kier alpha value is -1.46. The molecule has 1 aliphatic rings. The van der Waals surface area contributed by atoms with E-state index in [1.54, 1.807) is 22.5 Å². The first kappa shape index (κ1) is 19.9. The maximum atomic E-state index is 13.2. The minimum atomic E-state index is -3.62. The second-order valence-corrected chi connectivity index (χ2v) is 8.67. The highest BCUT2D eigenvalue weighted by atomic mass is 32.2. The van der Waals surface area contributed by atoms with Gasteiger partial charge in [0.25, 0.3) is 0 Å². The third-order valence-corrected chi connectivity index (χ3v) is 6.58. The zero-order valence-electron chi connectivity index (χ0n) is 15.4. The van der Waals surface area contributed by atoms with Crippen LogP contribution < -0.4 is 0 Å². The average molecular weight is 365 g/mol. The van der Waals surface area contributed by atoms with Gasteiger partial charge < -0.3 is 4.90 Å². The van der Waals surface area contributed by atoms with Gasteiger partial charge in [-0.2, -0.15) is 9.57 Å². The number of sulfonamides is 1. The van der Waals surface area contributed by atoms with Crippen LogP contribution >= 0.6 is 0 Å². The molecule has 1 heterocycles. The molecular formula is C18H28N4O2S. The van der Waals surface area contributed by atoms with E-state index in [0.717, 1.165) is 25.9 Å². The van der Waals surface area contributed by atoms with Crippen molar-refractivity contribution in [3.8, 4) is 6.07 Å². The Labute approximate surface area is 151 Å². The van der Waals surface area contributed by atoms with Gasteiger partial charge in [0.15, 0.2) is 0 Å². The van der Waals surface area contributed by atoms with Crippen molar-refractivity contribution in [3.05, 3.63) is 29.8 Å². The van der Waals surface area contributed by atoms with Gasteiger partial charge in [-0.15, -0.1) is 0 Å². The molecule has 0 bridgehead atoms. The smallest absolute Gasteiger partial charge is 0.243 e. The highest BCUT2D eigenvalue weighted by Crippen LogP contribution is 2.22. The molecule has 0 spiro atoms. The van der Waals surface area contributed by atoms with Crippen LogP contribution in [-0.2, 0) is 10.0 Å². The molecule has 1 aromatic carbocycles. The van der Waals surface area contributed by atoms with E-state index >= 15 is 0 Å². The predicted octanol–water partition coefficient (Wildman–Crippen LogP) is 1.59. The lowest BCUT2D eigenvalue weighted by atomic mass is 10.2. The summed E-state index contributed by atoms with van der Waals surface area (Å²) in [7, 11) is 0.259. The van der Waals surface area contributed by atoms with Crippen LogP contribution in [0.3, 0.4) is 0 Å². The van der Waals surface area contributed by atoms with Gasteiger partial charge in [-0.25, -0.2) is 8.42 Å². The van der Waals surface area contributed by atoms with E-state index in [1.165, 1.54) is 6.07 Å². The van der Waals surface area contributed by atoms with Crippen LogP contribution in [0.4, 0.5) is 0 Å². The van der Waals surface area contributed by atoms with Gasteiger partial charge >= 0.3 is 0 Å². The third kappa shape index (κ3) is 5.02. The molecule has 0 aliphatic carbocycles. The summed E-state index contributed by atoms with van der Waals surface area (Å²) in [6.07, 6.45) is 2.14. The summed E-state index contributed by atoms with van der Waals surface area (Å²) in [5.74, 6) is 0. The molecule has 1 saturated heterocycles. The molecule has 0 radical (unpaired) electrons. The fraction of sp³-hybridized carbons (Fsp3) is 0.611. The Bertz CT molecular complexity index is 712. The maximum absolute atomic E-state index is 13.2.